The Bertz CT molecular complexity index is 750. The lowest BCUT2D eigenvalue weighted by atomic mass is 9.94. The topological polar surface area (TPSA) is 49.2 Å². The first-order valence-corrected chi connectivity index (χ1v) is 7.46. The number of nitrogens with zero attached hydrogens (tertiary/aromatic N) is 3. The summed E-state index contributed by atoms with van der Waals surface area (Å²) in [6, 6.07) is 2.43. The molecule has 0 fully saturated rings. The van der Waals surface area contributed by atoms with Crippen LogP contribution in [0.1, 0.15) is 23.6 Å². The van der Waals surface area contributed by atoms with E-state index in [-0.39, 0.29) is 15.9 Å². The van der Waals surface area contributed by atoms with E-state index in [1.165, 1.54) is 24.7 Å². The Balaban J connectivity index is 2.15. The van der Waals surface area contributed by atoms with Crippen molar-refractivity contribution in [3.8, 4) is 0 Å². The van der Waals surface area contributed by atoms with Crippen molar-refractivity contribution in [2.45, 2.75) is 18.9 Å². The summed E-state index contributed by atoms with van der Waals surface area (Å²) >= 11 is 12.3. The Kier molecular flexibility index (Phi) is 4.48. The van der Waals surface area contributed by atoms with Crippen LogP contribution in [-0.2, 0) is 0 Å². The molecular weight excluding hydrogens is 347 g/mol. The fourth-order valence-corrected chi connectivity index (χ4v) is 3.15. The number of alkyl halides is 2. The van der Waals surface area contributed by atoms with Crippen LogP contribution < -0.4 is 5.06 Å². The van der Waals surface area contributed by atoms with Crippen LogP contribution in [0.15, 0.2) is 36.8 Å². The van der Waals surface area contributed by atoms with Gasteiger partial charge in [0.1, 0.15) is 6.04 Å². The van der Waals surface area contributed by atoms with Gasteiger partial charge in [-0.15, -0.1) is 0 Å². The van der Waals surface area contributed by atoms with E-state index in [9.17, 15) is 14.0 Å². The minimum absolute atomic E-state index is 0.180. The maximum absolute atomic E-state index is 12.9. The van der Waals surface area contributed by atoms with Crippen molar-refractivity contribution in [3.05, 3.63) is 58.0 Å². The van der Waals surface area contributed by atoms with Crippen LogP contribution in [0.5, 0.6) is 0 Å². The maximum Gasteiger partial charge on any atom is 0.242 e. The van der Waals surface area contributed by atoms with Gasteiger partial charge in [-0.2, -0.15) is 0 Å². The molecule has 0 aliphatic carbocycles. The van der Waals surface area contributed by atoms with Gasteiger partial charge in [-0.3, -0.25) is 10.2 Å². The molecule has 1 unspecified atom stereocenters. The highest BCUT2D eigenvalue weighted by atomic mass is 35.5. The lowest BCUT2D eigenvalue weighted by molar-refractivity contribution is 0.154. The second-order valence-electron chi connectivity index (χ2n) is 4.97. The van der Waals surface area contributed by atoms with Crippen LogP contribution in [-0.4, -0.2) is 21.6 Å². The molecule has 0 spiro atoms. The van der Waals surface area contributed by atoms with Crippen molar-refractivity contribution in [2.24, 2.45) is 0 Å². The zero-order chi connectivity index (χ0) is 16.6. The molecule has 0 saturated heterocycles. The molecule has 0 bridgehead atoms. The Labute approximate surface area is 141 Å². The third-order valence-electron chi connectivity index (χ3n) is 3.53. The molecule has 0 radical (unpaired) electrons. The van der Waals surface area contributed by atoms with Gasteiger partial charge in [-0.05, 0) is 17.7 Å². The summed E-state index contributed by atoms with van der Waals surface area (Å²) in [6.07, 6.45) is 2.77. The van der Waals surface area contributed by atoms with Crippen LogP contribution in [0.4, 0.5) is 14.6 Å². The van der Waals surface area contributed by atoms with Crippen molar-refractivity contribution in [3.63, 3.8) is 0 Å². The summed E-state index contributed by atoms with van der Waals surface area (Å²) in [5, 5.41) is 11.8. The van der Waals surface area contributed by atoms with Gasteiger partial charge < -0.3 is 0 Å². The zero-order valence-corrected chi connectivity index (χ0v) is 13.1. The normalized spacial score (nSPS) is 17.2. The zero-order valence-electron chi connectivity index (χ0n) is 11.6. The van der Waals surface area contributed by atoms with Gasteiger partial charge in [0.2, 0.25) is 6.43 Å². The van der Waals surface area contributed by atoms with E-state index in [2.05, 4.69) is 9.97 Å². The lowest BCUT2D eigenvalue weighted by Gasteiger charge is -2.32. The number of fused-ring (bicyclic) bond motifs is 1. The van der Waals surface area contributed by atoms with E-state index in [0.717, 1.165) is 5.06 Å². The monoisotopic (exact) mass is 357 g/mol. The van der Waals surface area contributed by atoms with Gasteiger partial charge in [0.15, 0.2) is 5.82 Å². The van der Waals surface area contributed by atoms with Gasteiger partial charge >= 0.3 is 0 Å². The smallest absolute Gasteiger partial charge is 0.242 e. The summed E-state index contributed by atoms with van der Waals surface area (Å²) in [5.41, 5.74) is 1.21. The van der Waals surface area contributed by atoms with E-state index in [0.29, 0.717) is 16.7 Å². The molecule has 3 heterocycles. The Morgan fingerprint density at radius 1 is 1.26 bits per heavy atom. The molecule has 0 aromatic carbocycles. The lowest BCUT2D eigenvalue weighted by Crippen LogP contribution is -2.29. The van der Waals surface area contributed by atoms with E-state index < -0.39 is 18.9 Å². The number of pyridine rings is 2. The number of halogens is 4. The first kappa shape index (κ1) is 16.1. The first-order valence-electron chi connectivity index (χ1n) is 6.70. The average Bonchev–Trinajstić information content (AvgIpc) is 2.51. The number of hydrogen-bond acceptors (Lipinski definition) is 4. The highest BCUT2D eigenvalue weighted by Crippen LogP contribution is 2.43. The van der Waals surface area contributed by atoms with Crippen molar-refractivity contribution in [1.82, 2.24) is 9.97 Å². The quantitative estimate of drug-likeness (QED) is 0.859. The molecular formula is C15H11Cl2F2N3O. The summed E-state index contributed by atoms with van der Waals surface area (Å²) in [4.78, 5) is 7.94. The Hall–Kier alpha value is -1.76. The third kappa shape index (κ3) is 3.02. The molecule has 4 nitrogen and oxygen atoms in total. The van der Waals surface area contributed by atoms with Crippen molar-refractivity contribution < 1.29 is 14.0 Å². The minimum Gasteiger partial charge on any atom is -0.286 e. The number of hydroxylamine groups is 1. The highest BCUT2D eigenvalue weighted by Gasteiger charge is 2.31. The van der Waals surface area contributed by atoms with E-state index in [1.807, 2.05) is 0 Å². The van der Waals surface area contributed by atoms with Crippen molar-refractivity contribution in [2.75, 3.05) is 5.06 Å². The standard InChI is InChI=1S/C15H11Cl2F2N3O/c16-10-6-20-7-11(17)14(10)12-4-8(5-13(18)19)9-2-1-3-21-15(9)22(12)23/h1-4,6-7,12-13,23H,5H2. The molecule has 8 heteroatoms. The predicted molar refractivity (Wildman–Crippen MR) is 84.1 cm³/mol. The number of allylic oxidation sites excluding steroid dienone is 1. The second-order valence-corrected chi connectivity index (χ2v) is 5.78. The predicted octanol–water partition coefficient (Wildman–Crippen LogP) is 4.77. The second kappa shape index (κ2) is 6.39. The molecule has 0 amide bonds. The van der Waals surface area contributed by atoms with Crippen LogP contribution in [0.25, 0.3) is 5.57 Å². The summed E-state index contributed by atoms with van der Waals surface area (Å²) in [5.74, 6) is 0.180. The molecule has 3 rings (SSSR count). The van der Waals surface area contributed by atoms with Gasteiger partial charge in [0.05, 0.1) is 10.0 Å². The number of aromatic nitrogens is 2. The third-order valence-corrected chi connectivity index (χ3v) is 4.13. The molecule has 0 saturated carbocycles. The van der Waals surface area contributed by atoms with Crippen molar-refractivity contribution >= 4 is 34.6 Å². The molecule has 23 heavy (non-hydrogen) atoms. The molecule has 2 aromatic heterocycles. The fraction of sp³-hybridized carbons (Fsp3) is 0.200. The molecule has 1 atom stereocenters. The van der Waals surface area contributed by atoms with Crippen LogP contribution >= 0.6 is 23.2 Å². The van der Waals surface area contributed by atoms with E-state index in [1.54, 1.807) is 12.1 Å². The summed E-state index contributed by atoms with van der Waals surface area (Å²) in [7, 11) is 0. The minimum atomic E-state index is -2.52. The van der Waals surface area contributed by atoms with Crippen LogP contribution in [0, 0.1) is 0 Å². The summed E-state index contributed by atoms with van der Waals surface area (Å²) < 4.78 is 25.8. The number of anilines is 1. The molecule has 1 N–H and O–H groups in total. The van der Waals surface area contributed by atoms with Crippen molar-refractivity contribution in [1.29, 1.82) is 0 Å². The largest absolute Gasteiger partial charge is 0.286 e. The first-order chi connectivity index (χ1) is 11.0. The van der Waals surface area contributed by atoms with Gasteiger partial charge in [-0.1, -0.05) is 29.3 Å². The maximum atomic E-state index is 12.9. The summed E-state index contributed by atoms with van der Waals surface area (Å²) in [6.45, 7) is 0. The van der Waals surface area contributed by atoms with E-state index >= 15 is 0 Å². The molecule has 120 valence electrons. The van der Waals surface area contributed by atoms with Crippen LogP contribution in [0.3, 0.4) is 0 Å². The van der Waals surface area contributed by atoms with Gasteiger partial charge in [-0.25, -0.2) is 18.8 Å². The SMILES string of the molecule is ON1c2ncccc2C(CC(F)F)=CC1c1c(Cl)cncc1Cl. The number of hydrogen-bond donors (Lipinski definition) is 1. The molecule has 1 aliphatic heterocycles. The molecule has 2 aromatic rings. The average molecular weight is 358 g/mol. The fourth-order valence-electron chi connectivity index (χ4n) is 2.57. The van der Waals surface area contributed by atoms with Gasteiger partial charge in [0, 0.05) is 36.1 Å². The Morgan fingerprint density at radius 2 is 1.96 bits per heavy atom. The Morgan fingerprint density at radius 3 is 2.61 bits per heavy atom. The van der Waals surface area contributed by atoms with E-state index in [4.69, 9.17) is 23.2 Å². The molecule has 1 aliphatic rings. The van der Waals surface area contributed by atoms with Crippen LogP contribution in [0.2, 0.25) is 10.0 Å². The number of rotatable bonds is 3. The highest BCUT2D eigenvalue weighted by molar-refractivity contribution is 6.36. The van der Waals surface area contributed by atoms with Gasteiger partial charge in [0.25, 0.3) is 0 Å².